The largest absolute Gasteiger partial charge is 0.444 e. The molecule has 0 bridgehead atoms. The molecule has 1 unspecified atom stereocenters. The minimum Gasteiger partial charge on any atom is -0.444 e. The summed E-state index contributed by atoms with van der Waals surface area (Å²) in [5, 5.41) is 13.0. The van der Waals surface area contributed by atoms with Crippen molar-refractivity contribution in [2.75, 3.05) is 25.0 Å². The van der Waals surface area contributed by atoms with Crippen LogP contribution in [0.25, 0.3) is 11.0 Å². The van der Waals surface area contributed by atoms with Crippen LogP contribution in [0.5, 0.6) is 0 Å². The average molecular weight is 446 g/mol. The van der Waals surface area contributed by atoms with Crippen LogP contribution >= 0.6 is 0 Å². The Morgan fingerprint density at radius 1 is 1.21 bits per heavy atom. The van der Waals surface area contributed by atoms with Crippen LogP contribution < -0.4 is 5.32 Å². The zero-order valence-electron chi connectivity index (χ0n) is 19.5. The molecule has 4 rings (SSSR count). The van der Waals surface area contributed by atoms with Crippen LogP contribution in [-0.2, 0) is 11.3 Å². The summed E-state index contributed by atoms with van der Waals surface area (Å²) in [6, 6.07) is 18.0. The highest BCUT2D eigenvalue weighted by molar-refractivity contribution is 5.78. The van der Waals surface area contributed by atoms with Gasteiger partial charge in [0.15, 0.2) is 0 Å². The molecule has 0 aliphatic carbocycles. The van der Waals surface area contributed by atoms with E-state index in [0.29, 0.717) is 31.1 Å². The minimum absolute atomic E-state index is 0.243. The molecule has 0 saturated carbocycles. The van der Waals surface area contributed by atoms with Crippen molar-refractivity contribution in [3.63, 3.8) is 0 Å². The van der Waals surface area contributed by atoms with Gasteiger partial charge < -0.3 is 19.5 Å². The number of ether oxygens (including phenoxy) is 1. The third-order valence-electron chi connectivity index (χ3n) is 5.84. The molecule has 0 spiro atoms. The summed E-state index contributed by atoms with van der Waals surface area (Å²) >= 11 is 0. The lowest BCUT2D eigenvalue weighted by Gasteiger charge is -2.34. The fourth-order valence-corrected chi connectivity index (χ4v) is 4.27. The van der Waals surface area contributed by atoms with Gasteiger partial charge in [-0.05, 0) is 63.3 Å². The van der Waals surface area contributed by atoms with Crippen LogP contribution in [0.2, 0.25) is 0 Å². The van der Waals surface area contributed by atoms with Crippen molar-refractivity contribution in [1.82, 2.24) is 14.5 Å². The van der Waals surface area contributed by atoms with E-state index in [1.54, 1.807) is 0 Å². The molecule has 7 nitrogen and oxygen atoms in total. The maximum Gasteiger partial charge on any atom is 0.410 e. The summed E-state index contributed by atoms with van der Waals surface area (Å²) in [6.45, 7) is 8.34. The molecule has 7 heteroatoms. The number of piperidine rings is 1. The molecule has 1 saturated heterocycles. The molecule has 1 amide bonds. The molecule has 3 aromatic rings. The second-order valence-electron chi connectivity index (χ2n) is 9.59. The lowest BCUT2D eigenvalue weighted by atomic mass is 9.98. The topological polar surface area (TPSA) is 83.2 Å². The van der Waals surface area contributed by atoms with Crippen molar-refractivity contribution in [3.8, 4) is 6.07 Å². The van der Waals surface area contributed by atoms with Crippen LogP contribution in [-0.4, -0.2) is 45.8 Å². The first kappa shape index (κ1) is 22.7. The van der Waals surface area contributed by atoms with E-state index in [-0.39, 0.29) is 6.09 Å². The van der Waals surface area contributed by atoms with Gasteiger partial charge in [-0.15, -0.1) is 0 Å². The summed E-state index contributed by atoms with van der Waals surface area (Å²) in [4.78, 5) is 19.1. The molecule has 1 atom stereocenters. The van der Waals surface area contributed by atoms with E-state index in [1.807, 2.05) is 74.2 Å². The number of rotatable bonds is 5. The summed E-state index contributed by atoms with van der Waals surface area (Å²) in [5.74, 6) is 1.09. The van der Waals surface area contributed by atoms with Crippen LogP contribution in [0.1, 0.15) is 44.7 Å². The molecule has 2 heterocycles. The number of fused-ring (bicyclic) bond motifs is 1. The van der Waals surface area contributed by atoms with E-state index in [4.69, 9.17) is 9.72 Å². The Kier molecular flexibility index (Phi) is 6.55. The van der Waals surface area contributed by atoms with Crippen LogP contribution in [0.15, 0.2) is 48.5 Å². The number of likely N-dealkylation sites (tertiary alicyclic amines) is 1. The molecule has 2 aromatic carbocycles. The third kappa shape index (κ3) is 5.46. The SMILES string of the molecule is CC(C)(C)OC(=O)N1CCCC(CNc2nc3ccccc3n2Cc2ccccc2C#N)C1. The van der Waals surface area contributed by atoms with Gasteiger partial charge in [-0.2, -0.15) is 5.26 Å². The second kappa shape index (κ2) is 9.53. The fraction of sp³-hybridized carbons (Fsp3) is 0.423. The second-order valence-corrected chi connectivity index (χ2v) is 9.59. The highest BCUT2D eigenvalue weighted by atomic mass is 16.6. The quantitative estimate of drug-likeness (QED) is 0.596. The number of hydrogen-bond donors (Lipinski definition) is 1. The van der Waals surface area contributed by atoms with Gasteiger partial charge in [0, 0.05) is 19.6 Å². The van der Waals surface area contributed by atoms with Gasteiger partial charge in [0.2, 0.25) is 5.95 Å². The number of aromatic nitrogens is 2. The molecular formula is C26H31N5O2. The minimum atomic E-state index is -0.493. The number of benzene rings is 2. The van der Waals surface area contributed by atoms with Crippen molar-refractivity contribution in [1.29, 1.82) is 5.26 Å². The van der Waals surface area contributed by atoms with Crippen molar-refractivity contribution in [2.24, 2.45) is 5.92 Å². The molecule has 1 N–H and O–H groups in total. The Morgan fingerprint density at radius 2 is 1.97 bits per heavy atom. The molecule has 1 aromatic heterocycles. The normalized spacial score (nSPS) is 16.4. The molecule has 1 aliphatic rings. The predicted molar refractivity (Wildman–Crippen MR) is 129 cm³/mol. The van der Waals surface area contributed by atoms with Crippen LogP contribution in [0.4, 0.5) is 10.7 Å². The summed E-state index contributed by atoms with van der Waals surface area (Å²) in [6.07, 6.45) is 1.76. The lowest BCUT2D eigenvalue weighted by molar-refractivity contribution is 0.0172. The van der Waals surface area contributed by atoms with E-state index in [2.05, 4.69) is 16.0 Å². The van der Waals surface area contributed by atoms with Gasteiger partial charge in [0.1, 0.15) is 5.60 Å². The number of para-hydroxylation sites is 2. The Balaban J connectivity index is 1.50. The van der Waals surface area contributed by atoms with Crippen LogP contribution in [0, 0.1) is 17.2 Å². The highest BCUT2D eigenvalue weighted by Crippen LogP contribution is 2.24. The smallest absolute Gasteiger partial charge is 0.410 e. The number of carbonyl (C=O) groups is 1. The van der Waals surface area contributed by atoms with Gasteiger partial charge in [-0.1, -0.05) is 30.3 Å². The first-order chi connectivity index (χ1) is 15.8. The number of amides is 1. The van der Waals surface area contributed by atoms with Gasteiger partial charge in [-0.25, -0.2) is 9.78 Å². The van der Waals surface area contributed by atoms with E-state index in [1.165, 1.54) is 0 Å². The summed E-state index contributed by atoms with van der Waals surface area (Å²) in [7, 11) is 0. The van der Waals surface area contributed by atoms with E-state index in [0.717, 1.165) is 41.9 Å². The number of hydrogen-bond acceptors (Lipinski definition) is 5. The first-order valence-corrected chi connectivity index (χ1v) is 11.5. The fourth-order valence-electron chi connectivity index (χ4n) is 4.27. The van der Waals surface area contributed by atoms with E-state index >= 15 is 0 Å². The maximum absolute atomic E-state index is 12.5. The van der Waals surface area contributed by atoms with Crippen molar-refractivity contribution >= 4 is 23.1 Å². The van der Waals surface area contributed by atoms with Crippen molar-refractivity contribution < 1.29 is 9.53 Å². The number of nitriles is 1. The Morgan fingerprint density at radius 3 is 2.76 bits per heavy atom. The average Bonchev–Trinajstić information content (AvgIpc) is 3.14. The summed E-state index contributed by atoms with van der Waals surface area (Å²) < 4.78 is 7.68. The van der Waals surface area contributed by atoms with Crippen molar-refractivity contribution in [2.45, 2.75) is 45.8 Å². The highest BCUT2D eigenvalue weighted by Gasteiger charge is 2.28. The summed E-state index contributed by atoms with van der Waals surface area (Å²) in [5.41, 5.74) is 3.06. The molecular weight excluding hydrogens is 414 g/mol. The maximum atomic E-state index is 12.5. The zero-order chi connectivity index (χ0) is 23.4. The number of anilines is 1. The molecule has 172 valence electrons. The zero-order valence-corrected chi connectivity index (χ0v) is 19.5. The standard InChI is InChI=1S/C26H31N5O2/c1-26(2,3)33-25(32)30-14-8-9-19(17-30)16-28-24-29-22-12-6-7-13-23(22)31(24)18-21-11-5-4-10-20(21)15-27/h4-7,10-13,19H,8-9,14,16-18H2,1-3H3,(H,28,29). The number of nitrogens with one attached hydrogen (secondary N) is 1. The molecule has 1 fully saturated rings. The first-order valence-electron chi connectivity index (χ1n) is 11.5. The van der Waals surface area contributed by atoms with Gasteiger partial charge in [0.05, 0.1) is 29.2 Å². The van der Waals surface area contributed by atoms with E-state index < -0.39 is 5.60 Å². The van der Waals surface area contributed by atoms with Crippen molar-refractivity contribution in [3.05, 3.63) is 59.7 Å². The number of nitrogens with zero attached hydrogens (tertiary/aromatic N) is 4. The lowest BCUT2D eigenvalue weighted by Crippen LogP contribution is -2.44. The predicted octanol–water partition coefficient (Wildman–Crippen LogP) is 5.02. The molecule has 33 heavy (non-hydrogen) atoms. The van der Waals surface area contributed by atoms with Gasteiger partial charge in [-0.3, -0.25) is 0 Å². The van der Waals surface area contributed by atoms with Crippen LogP contribution in [0.3, 0.4) is 0 Å². The van der Waals surface area contributed by atoms with E-state index in [9.17, 15) is 10.1 Å². The number of imidazole rings is 1. The molecule has 0 radical (unpaired) electrons. The Labute approximate surface area is 195 Å². The third-order valence-corrected chi connectivity index (χ3v) is 5.84. The number of carbonyl (C=O) groups excluding carboxylic acids is 1. The van der Waals surface area contributed by atoms with Gasteiger partial charge in [0.25, 0.3) is 0 Å². The Bertz CT molecular complexity index is 1170. The molecule has 1 aliphatic heterocycles. The van der Waals surface area contributed by atoms with Gasteiger partial charge >= 0.3 is 6.09 Å². The Hall–Kier alpha value is -3.53. The monoisotopic (exact) mass is 445 g/mol.